The van der Waals surface area contributed by atoms with E-state index in [0.717, 1.165) is 0 Å². The fourth-order valence-corrected chi connectivity index (χ4v) is 21.2. The Kier molecular flexibility index (Phi) is 44.1. The Morgan fingerprint density at radius 3 is 0.407 bits per heavy atom. The molecule has 0 rings (SSSR count). The number of rotatable bonds is 47. The van der Waals surface area contributed by atoms with Crippen LogP contribution in [0.5, 0.6) is 0 Å². The first-order chi connectivity index (χ1) is 26.6. The third kappa shape index (κ3) is 34.9. The first-order valence-corrected chi connectivity index (χ1v) is 32.2. The summed E-state index contributed by atoms with van der Waals surface area (Å²) in [6.07, 6.45) is 70.3. The van der Waals surface area contributed by atoms with E-state index in [2.05, 4.69) is 41.5 Å². The minimum atomic E-state index is -1.12. The molecule has 0 aromatic rings. The normalized spacial score (nSPS) is 12.9. The molecule has 0 saturated heterocycles. The number of unbranched alkanes of at least 4 members (excludes halogenated alkanes) is 31. The van der Waals surface area contributed by atoms with Crippen LogP contribution in [0, 0.1) is 0 Å². The molecule has 0 bridgehead atoms. The van der Waals surface area contributed by atoms with E-state index >= 15 is 0 Å². The van der Waals surface area contributed by atoms with E-state index in [1.165, 1.54) is 193 Å². The second-order valence-corrected chi connectivity index (χ2v) is 29.3. The zero-order valence-corrected chi connectivity index (χ0v) is 41.5. The molecule has 0 aliphatic rings. The Labute approximate surface area is 348 Å². The molecule has 0 fully saturated rings. The SMILES string of the molecule is CCCCCCCC[PH](CCCCCC)(CCCCCCCC)CCCCCCCCCCCC[PH](CCCCCC)(CCCCCC)CCCCCC. The van der Waals surface area contributed by atoms with Gasteiger partial charge in [0.2, 0.25) is 0 Å². The van der Waals surface area contributed by atoms with Crippen LogP contribution in [0.4, 0.5) is 0 Å². The minimum absolute atomic E-state index is 1.09. The standard InChI is InChI=1S/C52H112P2/c1-7-13-19-25-33-41-49-54(48-40-24-18-12-6,50-42-34-26-20-14-8-2)52-44-36-32-30-28-27-29-31-35-43-51-53(45-37-21-15-9-3,46-38-22-16-10-4)47-39-23-17-11-5/h53-54H,7-52H2,1-6H3. The van der Waals surface area contributed by atoms with E-state index in [1.54, 1.807) is 101 Å². The summed E-state index contributed by atoms with van der Waals surface area (Å²) in [5.41, 5.74) is 0. The molecule has 0 aliphatic heterocycles. The Morgan fingerprint density at radius 1 is 0.148 bits per heavy atom. The maximum absolute atomic E-state index is 2.40. The van der Waals surface area contributed by atoms with Gasteiger partial charge in [0.15, 0.2) is 0 Å². The van der Waals surface area contributed by atoms with Gasteiger partial charge in [-0.15, -0.1) is 0 Å². The molecular weight excluding hydrogens is 687 g/mol. The summed E-state index contributed by atoms with van der Waals surface area (Å²) in [5.74, 6) is 0. The quantitative estimate of drug-likeness (QED) is 0.0425. The van der Waals surface area contributed by atoms with Crippen molar-refractivity contribution in [1.82, 2.24) is 0 Å². The zero-order chi connectivity index (χ0) is 39.5. The predicted octanol–water partition coefficient (Wildman–Crippen LogP) is 19.4. The van der Waals surface area contributed by atoms with Gasteiger partial charge in [-0.3, -0.25) is 0 Å². The average molecular weight is 799 g/mol. The predicted molar refractivity (Wildman–Crippen MR) is 265 cm³/mol. The summed E-state index contributed by atoms with van der Waals surface area (Å²) < 4.78 is 0. The van der Waals surface area contributed by atoms with E-state index in [4.69, 9.17) is 0 Å². The van der Waals surface area contributed by atoms with E-state index in [0.29, 0.717) is 0 Å². The molecule has 0 radical (unpaired) electrons. The summed E-state index contributed by atoms with van der Waals surface area (Å²) in [6, 6.07) is 0. The van der Waals surface area contributed by atoms with Crippen LogP contribution < -0.4 is 0 Å². The summed E-state index contributed by atoms with van der Waals surface area (Å²) in [7, 11) is -2.21. The van der Waals surface area contributed by atoms with Crippen molar-refractivity contribution >= 4 is 14.5 Å². The van der Waals surface area contributed by atoms with E-state index in [1.807, 2.05) is 0 Å². The van der Waals surface area contributed by atoms with Crippen LogP contribution in [0.15, 0.2) is 0 Å². The second kappa shape index (κ2) is 43.4. The van der Waals surface area contributed by atoms with Crippen molar-refractivity contribution in [2.45, 2.75) is 286 Å². The van der Waals surface area contributed by atoms with Crippen LogP contribution in [0.1, 0.15) is 286 Å². The number of hydrogen-bond donors (Lipinski definition) is 0. The van der Waals surface area contributed by atoms with Crippen LogP contribution in [-0.2, 0) is 0 Å². The van der Waals surface area contributed by atoms with E-state index in [-0.39, 0.29) is 0 Å². The molecule has 54 heavy (non-hydrogen) atoms. The summed E-state index contributed by atoms with van der Waals surface area (Å²) >= 11 is 0. The summed E-state index contributed by atoms with van der Waals surface area (Å²) in [6.45, 7) is 14.3. The van der Waals surface area contributed by atoms with Gasteiger partial charge in [0.1, 0.15) is 0 Å². The summed E-state index contributed by atoms with van der Waals surface area (Å²) in [5, 5.41) is 0. The van der Waals surface area contributed by atoms with E-state index < -0.39 is 14.5 Å². The fourth-order valence-electron chi connectivity index (χ4n) is 10.2. The van der Waals surface area contributed by atoms with Crippen molar-refractivity contribution in [1.29, 1.82) is 0 Å². The molecule has 0 unspecified atom stereocenters. The van der Waals surface area contributed by atoms with Gasteiger partial charge in [-0.05, 0) is 0 Å². The first-order valence-electron chi connectivity index (χ1n) is 26.6. The molecule has 2 heteroatoms. The fraction of sp³-hybridized carbons (Fsp3) is 1.00. The third-order valence-corrected chi connectivity index (χ3v) is 25.3. The van der Waals surface area contributed by atoms with Gasteiger partial charge in [0, 0.05) is 0 Å². The molecule has 0 spiro atoms. The van der Waals surface area contributed by atoms with E-state index in [9.17, 15) is 0 Å². The molecule has 0 N–H and O–H groups in total. The van der Waals surface area contributed by atoms with Crippen molar-refractivity contribution in [3.8, 4) is 0 Å². The Morgan fingerprint density at radius 2 is 0.259 bits per heavy atom. The molecular formula is C52H112P2. The molecule has 0 aliphatic carbocycles. The zero-order valence-electron chi connectivity index (χ0n) is 39.5. The Bertz CT molecular complexity index is 641. The van der Waals surface area contributed by atoms with Gasteiger partial charge < -0.3 is 0 Å². The van der Waals surface area contributed by atoms with Crippen LogP contribution in [0.25, 0.3) is 0 Å². The van der Waals surface area contributed by atoms with Gasteiger partial charge in [-0.2, -0.15) is 0 Å². The Hall–Kier alpha value is 0.860. The van der Waals surface area contributed by atoms with Crippen molar-refractivity contribution in [2.24, 2.45) is 0 Å². The summed E-state index contributed by atoms with van der Waals surface area (Å²) in [4.78, 5) is 0. The van der Waals surface area contributed by atoms with Gasteiger partial charge in [0.25, 0.3) is 0 Å². The van der Waals surface area contributed by atoms with Gasteiger partial charge in [-0.25, -0.2) is 0 Å². The van der Waals surface area contributed by atoms with Crippen LogP contribution in [0.3, 0.4) is 0 Å². The van der Waals surface area contributed by atoms with Gasteiger partial charge >= 0.3 is 349 Å². The van der Waals surface area contributed by atoms with Crippen LogP contribution in [-0.4, -0.2) is 49.3 Å². The molecule has 0 aromatic heterocycles. The first kappa shape index (κ1) is 54.9. The van der Waals surface area contributed by atoms with Gasteiger partial charge in [-0.1, -0.05) is 0 Å². The molecule has 0 heterocycles. The average Bonchev–Trinajstić information content (AvgIpc) is 3.18. The monoisotopic (exact) mass is 799 g/mol. The molecule has 0 nitrogen and oxygen atoms in total. The second-order valence-electron chi connectivity index (χ2n) is 19.3. The topological polar surface area (TPSA) is 0 Å². The van der Waals surface area contributed by atoms with Crippen molar-refractivity contribution in [2.75, 3.05) is 49.3 Å². The number of hydrogen-bond acceptors (Lipinski definition) is 0. The Balaban J connectivity index is 4.75. The van der Waals surface area contributed by atoms with Crippen LogP contribution in [0.2, 0.25) is 0 Å². The van der Waals surface area contributed by atoms with Crippen LogP contribution >= 0.6 is 14.5 Å². The third-order valence-electron chi connectivity index (χ3n) is 14.0. The molecule has 330 valence electrons. The van der Waals surface area contributed by atoms with Crippen molar-refractivity contribution in [3.63, 3.8) is 0 Å². The molecule has 0 atom stereocenters. The molecule has 0 saturated carbocycles. The maximum atomic E-state index is 2.40. The molecule has 0 aromatic carbocycles. The molecule has 0 amide bonds. The van der Waals surface area contributed by atoms with Crippen molar-refractivity contribution in [3.05, 3.63) is 0 Å². The van der Waals surface area contributed by atoms with Crippen molar-refractivity contribution < 1.29 is 0 Å². The van der Waals surface area contributed by atoms with Gasteiger partial charge in [0.05, 0.1) is 0 Å².